The van der Waals surface area contributed by atoms with E-state index >= 15 is 0 Å². The van der Waals surface area contributed by atoms with Crippen molar-refractivity contribution in [2.75, 3.05) is 4.90 Å². The van der Waals surface area contributed by atoms with Gasteiger partial charge in [0, 0.05) is 27.5 Å². The predicted octanol–water partition coefficient (Wildman–Crippen LogP) is 14.1. The summed E-state index contributed by atoms with van der Waals surface area (Å²) >= 11 is 0. The first-order valence-corrected chi connectivity index (χ1v) is 19.1. The molecule has 3 aliphatic carbocycles. The van der Waals surface area contributed by atoms with Crippen LogP contribution in [0.3, 0.4) is 0 Å². The smallest absolute Gasteiger partial charge is 0.0556 e. The quantitative estimate of drug-likeness (QED) is 0.178. The molecule has 0 saturated carbocycles. The molecule has 258 valence electrons. The van der Waals surface area contributed by atoms with E-state index in [0.29, 0.717) is 0 Å². The highest BCUT2D eigenvalue weighted by Crippen LogP contribution is 2.64. The van der Waals surface area contributed by atoms with Crippen molar-refractivity contribution in [1.82, 2.24) is 0 Å². The van der Waals surface area contributed by atoms with Crippen molar-refractivity contribution in [2.45, 2.75) is 64.7 Å². The van der Waals surface area contributed by atoms with Gasteiger partial charge >= 0.3 is 0 Å². The summed E-state index contributed by atoms with van der Waals surface area (Å²) in [5.74, 6) is 0. The van der Waals surface area contributed by atoms with Gasteiger partial charge in [-0.25, -0.2) is 0 Å². The summed E-state index contributed by atoms with van der Waals surface area (Å²) in [6.07, 6.45) is 0. The molecule has 0 radical (unpaired) electrons. The van der Waals surface area contributed by atoms with E-state index in [1.54, 1.807) is 0 Å². The molecule has 0 N–H and O–H groups in total. The average Bonchev–Trinajstić information content (AvgIpc) is 3.67. The van der Waals surface area contributed by atoms with Gasteiger partial charge in [-0.2, -0.15) is 0 Å². The number of nitrogens with zero attached hydrogens (tertiary/aromatic N) is 1. The standard InChI is InChI=1S/C52H45N/c1-32-45-38-23-12-16-26-41(38)51(4,5)47(45)49(48-46(32)39-24-13-17-27-42(39)52(48,6)7)53(44-28-18-14-21-35(44)33-19-9-8-10-20-33)34-29-30-37-36-22-11-15-25-40(36)50(2,3)43(37)31-34/h8-31H,1-7H3. The summed E-state index contributed by atoms with van der Waals surface area (Å²) in [5, 5.41) is 0. The highest BCUT2D eigenvalue weighted by molar-refractivity contribution is 6.04. The molecule has 53 heavy (non-hydrogen) atoms. The van der Waals surface area contributed by atoms with Gasteiger partial charge in [0.15, 0.2) is 0 Å². The van der Waals surface area contributed by atoms with Crippen molar-refractivity contribution in [3.8, 4) is 44.5 Å². The first-order chi connectivity index (χ1) is 25.5. The highest BCUT2D eigenvalue weighted by Gasteiger charge is 2.48. The zero-order valence-corrected chi connectivity index (χ0v) is 31.8. The van der Waals surface area contributed by atoms with Gasteiger partial charge in [0.2, 0.25) is 0 Å². The second-order valence-corrected chi connectivity index (χ2v) is 16.9. The van der Waals surface area contributed by atoms with E-state index in [9.17, 15) is 0 Å². The van der Waals surface area contributed by atoms with Crippen LogP contribution in [0.4, 0.5) is 17.1 Å². The number of fused-ring (bicyclic) bond motifs is 9. The topological polar surface area (TPSA) is 3.24 Å². The van der Waals surface area contributed by atoms with Crippen molar-refractivity contribution >= 4 is 17.1 Å². The van der Waals surface area contributed by atoms with Gasteiger partial charge in [0.25, 0.3) is 0 Å². The highest BCUT2D eigenvalue weighted by atomic mass is 15.2. The molecule has 10 rings (SSSR count). The third-order valence-corrected chi connectivity index (χ3v) is 13.0. The molecule has 0 aliphatic heterocycles. The van der Waals surface area contributed by atoms with Crippen LogP contribution in [-0.4, -0.2) is 0 Å². The van der Waals surface area contributed by atoms with Crippen LogP contribution in [0.15, 0.2) is 146 Å². The third-order valence-electron chi connectivity index (χ3n) is 13.0. The summed E-state index contributed by atoms with van der Waals surface area (Å²) in [6.45, 7) is 17.0. The van der Waals surface area contributed by atoms with Crippen LogP contribution in [0, 0.1) is 6.92 Å². The maximum absolute atomic E-state index is 2.67. The molecule has 1 nitrogen and oxygen atoms in total. The number of benzene rings is 7. The summed E-state index contributed by atoms with van der Waals surface area (Å²) < 4.78 is 0. The van der Waals surface area contributed by atoms with Crippen LogP contribution in [-0.2, 0) is 16.2 Å². The van der Waals surface area contributed by atoms with E-state index < -0.39 is 0 Å². The first-order valence-electron chi connectivity index (χ1n) is 19.1. The first kappa shape index (κ1) is 32.0. The molecule has 0 bridgehead atoms. The van der Waals surface area contributed by atoms with Gasteiger partial charge in [0.05, 0.1) is 11.4 Å². The SMILES string of the molecule is Cc1c2c(c(N(c3ccc4c(c3)C(C)(C)c3ccccc3-4)c3ccccc3-c3ccccc3)c3c1-c1ccccc1C3(C)C)C(C)(C)c1ccccc1-2. The average molecular weight is 684 g/mol. The largest absolute Gasteiger partial charge is 0.309 e. The summed E-state index contributed by atoms with van der Waals surface area (Å²) in [5.41, 5.74) is 23.5. The molecule has 0 aromatic heterocycles. The van der Waals surface area contributed by atoms with Crippen molar-refractivity contribution in [1.29, 1.82) is 0 Å². The molecule has 7 aromatic rings. The summed E-state index contributed by atoms with van der Waals surface area (Å²) in [7, 11) is 0. The maximum atomic E-state index is 2.67. The molecule has 0 spiro atoms. The predicted molar refractivity (Wildman–Crippen MR) is 224 cm³/mol. The van der Waals surface area contributed by atoms with Gasteiger partial charge < -0.3 is 4.90 Å². The van der Waals surface area contributed by atoms with Crippen molar-refractivity contribution in [2.24, 2.45) is 0 Å². The van der Waals surface area contributed by atoms with E-state index in [0.717, 1.165) is 0 Å². The molecule has 0 atom stereocenters. The summed E-state index contributed by atoms with van der Waals surface area (Å²) in [4.78, 5) is 2.67. The second kappa shape index (κ2) is 10.9. The molecule has 0 saturated heterocycles. The van der Waals surface area contributed by atoms with E-state index in [-0.39, 0.29) is 16.2 Å². The number of hydrogen-bond acceptors (Lipinski definition) is 1. The molecular formula is C52H45N. The van der Waals surface area contributed by atoms with Crippen LogP contribution in [0.25, 0.3) is 44.5 Å². The molecule has 1 heteroatoms. The maximum Gasteiger partial charge on any atom is 0.0556 e. The molecule has 0 fully saturated rings. The van der Waals surface area contributed by atoms with Gasteiger partial charge in [-0.1, -0.05) is 169 Å². The lowest BCUT2D eigenvalue weighted by atomic mass is 9.74. The minimum atomic E-state index is -0.238. The van der Waals surface area contributed by atoms with Crippen molar-refractivity contribution in [3.63, 3.8) is 0 Å². The lowest BCUT2D eigenvalue weighted by molar-refractivity contribution is 0.639. The van der Waals surface area contributed by atoms with Crippen LogP contribution in [0.1, 0.15) is 80.5 Å². The zero-order chi connectivity index (χ0) is 36.4. The fraction of sp³-hybridized carbons (Fsp3) is 0.192. The minimum absolute atomic E-state index is 0.130. The molecule has 0 unspecified atom stereocenters. The third kappa shape index (κ3) is 4.20. The van der Waals surface area contributed by atoms with Gasteiger partial charge in [-0.05, 0) is 103 Å². The monoisotopic (exact) mass is 683 g/mol. The van der Waals surface area contributed by atoms with Gasteiger partial charge in [-0.15, -0.1) is 0 Å². The van der Waals surface area contributed by atoms with E-state index in [1.165, 1.54) is 101 Å². The van der Waals surface area contributed by atoms with E-state index in [4.69, 9.17) is 0 Å². The Hall–Kier alpha value is -5.66. The van der Waals surface area contributed by atoms with Crippen LogP contribution in [0.2, 0.25) is 0 Å². The molecular weight excluding hydrogens is 639 g/mol. The molecule has 7 aromatic carbocycles. The Kier molecular flexibility index (Phi) is 6.61. The van der Waals surface area contributed by atoms with Gasteiger partial charge in [-0.3, -0.25) is 0 Å². The molecule has 0 heterocycles. The number of anilines is 3. The fourth-order valence-electron chi connectivity index (χ4n) is 10.5. The Morgan fingerprint density at radius 3 is 1.43 bits per heavy atom. The van der Waals surface area contributed by atoms with E-state index in [1.807, 2.05) is 0 Å². The fourth-order valence-corrected chi connectivity index (χ4v) is 10.5. The van der Waals surface area contributed by atoms with Crippen molar-refractivity contribution < 1.29 is 0 Å². The molecule has 3 aliphatic rings. The minimum Gasteiger partial charge on any atom is -0.309 e. The van der Waals surface area contributed by atoms with Crippen molar-refractivity contribution in [3.05, 3.63) is 185 Å². The normalized spacial score (nSPS) is 15.9. The lowest BCUT2D eigenvalue weighted by Crippen LogP contribution is -2.27. The van der Waals surface area contributed by atoms with Crippen LogP contribution < -0.4 is 4.90 Å². The summed E-state index contributed by atoms with van der Waals surface area (Å²) in [6, 6.07) is 54.6. The Morgan fingerprint density at radius 2 is 0.849 bits per heavy atom. The molecule has 0 amide bonds. The number of rotatable bonds is 4. The Bertz CT molecular complexity index is 2570. The lowest BCUT2D eigenvalue weighted by Gasteiger charge is -2.39. The Morgan fingerprint density at radius 1 is 0.396 bits per heavy atom. The Labute approximate surface area is 314 Å². The van der Waals surface area contributed by atoms with E-state index in [2.05, 4.69) is 199 Å². The van der Waals surface area contributed by atoms with Crippen LogP contribution in [0.5, 0.6) is 0 Å². The second-order valence-electron chi connectivity index (χ2n) is 16.9. The van der Waals surface area contributed by atoms with Crippen LogP contribution >= 0.6 is 0 Å². The number of para-hydroxylation sites is 1. The zero-order valence-electron chi connectivity index (χ0n) is 31.8. The Balaban J connectivity index is 1.38. The van der Waals surface area contributed by atoms with Gasteiger partial charge in [0.1, 0.15) is 0 Å². The number of hydrogen-bond donors (Lipinski definition) is 0.